The zero-order valence-electron chi connectivity index (χ0n) is 13.4. The van der Waals surface area contributed by atoms with E-state index in [9.17, 15) is 9.59 Å². The summed E-state index contributed by atoms with van der Waals surface area (Å²) in [5.74, 6) is -0.101. The van der Waals surface area contributed by atoms with Crippen LogP contribution in [-0.2, 0) is 4.79 Å². The molecule has 1 heterocycles. The van der Waals surface area contributed by atoms with E-state index in [2.05, 4.69) is 12.1 Å². The Balaban J connectivity index is 1.78. The van der Waals surface area contributed by atoms with E-state index in [1.165, 1.54) is 0 Å². The van der Waals surface area contributed by atoms with Gasteiger partial charge in [-0.15, -0.1) is 0 Å². The highest BCUT2D eigenvalue weighted by Gasteiger charge is 2.30. The van der Waals surface area contributed by atoms with Crippen LogP contribution in [0.1, 0.15) is 34.8 Å². The summed E-state index contributed by atoms with van der Waals surface area (Å²) in [5, 5.41) is 0. The summed E-state index contributed by atoms with van der Waals surface area (Å²) in [6.07, 6.45) is 1.96. The second-order valence-electron chi connectivity index (χ2n) is 5.85. The molecular weight excluding hydrogens is 304 g/mol. The summed E-state index contributed by atoms with van der Waals surface area (Å²) in [7, 11) is 0. The number of amides is 2. The van der Waals surface area contributed by atoms with Gasteiger partial charge in [-0.25, -0.2) is 0 Å². The van der Waals surface area contributed by atoms with Crippen molar-refractivity contribution >= 4 is 11.8 Å². The Hall–Kier alpha value is -2.82. The van der Waals surface area contributed by atoms with Crippen molar-refractivity contribution in [2.24, 2.45) is 5.73 Å². The Morgan fingerprint density at radius 2 is 1.92 bits per heavy atom. The number of benzene rings is 2. The molecule has 5 heteroatoms. The SMILES string of the molecule is NC(=O)COc1cccc(C(=O)N2CCCC2c2ccccc2)c1. The third kappa shape index (κ3) is 3.56. The molecule has 5 nitrogen and oxygen atoms in total. The minimum Gasteiger partial charge on any atom is -0.484 e. The van der Waals surface area contributed by atoms with Crippen molar-refractivity contribution in [1.29, 1.82) is 0 Å². The Morgan fingerprint density at radius 3 is 2.67 bits per heavy atom. The average Bonchev–Trinajstić information content (AvgIpc) is 3.10. The second-order valence-corrected chi connectivity index (χ2v) is 5.85. The zero-order chi connectivity index (χ0) is 16.9. The smallest absolute Gasteiger partial charge is 0.255 e. The largest absolute Gasteiger partial charge is 0.484 e. The molecule has 0 radical (unpaired) electrons. The fourth-order valence-corrected chi connectivity index (χ4v) is 3.07. The summed E-state index contributed by atoms with van der Waals surface area (Å²) in [5.41, 5.74) is 6.79. The van der Waals surface area contributed by atoms with Crippen LogP contribution in [0.3, 0.4) is 0 Å². The van der Waals surface area contributed by atoms with Crippen LogP contribution in [0.5, 0.6) is 5.75 Å². The van der Waals surface area contributed by atoms with E-state index in [1.807, 2.05) is 23.1 Å². The van der Waals surface area contributed by atoms with Crippen LogP contribution < -0.4 is 10.5 Å². The molecule has 0 aliphatic carbocycles. The molecule has 1 atom stereocenters. The van der Waals surface area contributed by atoms with Gasteiger partial charge < -0.3 is 15.4 Å². The van der Waals surface area contributed by atoms with Crippen molar-refractivity contribution in [1.82, 2.24) is 4.90 Å². The summed E-state index contributed by atoms with van der Waals surface area (Å²) in [6.45, 7) is 0.540. The number of carbonyl (C=O) groups excluding carboxylic acids is 2. The number of hydrogen-bond donors (Lipinski definition) is 1. The van der Waals surface area contributed by atoms with Gasteiger partial charge in [-0.05, 0) is 36.6 Å². The highest BCUT2D eigenvalue weighted by Crippen LogP contribution is 2.33. The number of carbonyl (C=O) groups is 2. The predicted molar refractivity (Wildman–Crippen MR) is 90.6 cm³/mol. The Bertz CT molecular complexity index is 730. The molecule has 2 aromatic rings. The molecule has 2 amide bonds. The fraction of sp³-hybridized carbons (Fsp3) is 0.263. The molecule has 0 aromatic heterocycles. The summed E-state index contributed by atoms with van der Waals surface area (Å²) in [6, 6.07) is 17.1. The van der Waals surface area contributed by atoms with Gasteiger partial charge in [-0.1, -0.05) is 36.4 Å². The van der Waals surface area contributed by atoms with Crippen LogP contribution in [-0.4, -0.2) is 29.9 Å². The maximum Gasteiger partial charge on any atom is 0.255 e. The van der Waals surface area contributed by atoms with Gasteiger partial charge in [0, 0.05) is 12.1 Å². The van der Waals surface area contributed by atoms with Crippen LogP contribution in [0.2, 0.25) is 0 Å². The third-order valence-electron chi connectivity index (χ3n) is 4.16. The van der Waals surface area contributed by atoms with E-state index in [4.69, 9.17) is 10.5 Å². The number of nitrogens with two attached hydrogens (primary N) is 1. The molecule has 0 bridgehead atoms. The van der Waals surface area contributed by atoms with E-state index >= 15 is 0 Å². The number of primary amides is 1. The van der Waals surface area contributed by atoms with Gasteiger partial charge in [0.1, 0.15) is 5.75 Å². The van der Waals surface area contributed by atoms with Gasteiger partial charge in [-0.2, -0.15) is 0 Å². The topological polar surface area (TPSA) is 72.6 Å². The molecule has 124 valence electrons. The second kappa shape index (κ2) is 7.17. The van der Waals surface area contributed by atoms with Crippen LogP contribution in [0.25, 0.3) is 0 Å². The molecule has 1 fully saturated rings. The minimum absolute atomic E-state index is 0.0223. The molecule has 3 rings (SSSR count). The van der Waals surface area contributed by atoms with E-state index in [-0.39, 0.29) is 18.6 Å². The maximum atomic E-state index is 12.9. The first-order valence-corrected chi connectivity index (χ1v) is 8.02. The lowest BCUT2D eigenvalue weighted by atomic mass is 10.0. The number of rotatable bonds is 5. The minimum atomic E-state index is -0.546. The fourth-order valence-electron chi connectivity index (χ4n) is 3.07. The molecule has 1 aliphatic rings. The lowest BCUT2D eigenvalue weighted by Crippen LogP contribution is -2.30. The van der Waals surface area contributed by atoms with Crippen LogP contribution in [0.15, 0.2) is 54.6 Å². The molecule has 24 heavy (non-hydrogen) atoms. The van der Waals surface area contributed by atoms with E-state index in [0.29, 0.717) is 11.3 Å². The molecule has 0 spiro atoms. The molecule has 2 aromatic carbocycles. The molecule has 0 saturated carbocycles. The highest BCUT2D eigenvalue weighted by molar-refractivity contribution is 5.95. The molecular formula is C19H20N2O3. The predicted octanol–water partition coefficient (Wildman–Crippen LogP) is 2.53. The molecule has 1 saturated heterocycles. The number of nitrogens with zero attached hydrogens (tertiary/aromatic N) is 1. The Kier molecular flexibility index (Phi) is 4.79. The van der Waals surface area contributed by atoms with Crippen LogP contribution in [0.4, 0.5) is 0 Å². The van der Waals surface area contributed by atoms with Gasteiger partial charge in [0.15, 0.2) is 6.61 Å². The normalized spacial score (nSPS) is 16.8. The zero-order valence-corrected chi connectivity index (χ0v) is 13.4. The van der Waals surface area contributed by atoms with Crippen LogP contribution in [0, 0.1) is 0 Å². The monoisotopic (exact) mass is 324 g/mol. The first kappa shape index (κ1) is 16.1. The van der Waals surface area contributed by atoms with Crippen molar-refractivity contribution in [3.05, 3.63) is 65.7 Å². The van der Waals surface area contributed by atoms with Crippen molar-refractivity contribution in [2.45, 2.75) is 18.9 Å². The molecule has 1 unspecified atom stereocenters. The number of ether oxygens (including phenoxy) is 1. The van der Waals surface area contributed by atoms with Gasteiger partial charge in [0.2, 0.25) is 0 Å². The number of hydrogen-bond acceptors (Lipinski definition) is 3. The van der Waals surface area contributed by atoms with Gasteiger partial charge in [0.05, 0.1) is 6.04 Å². The summed E-state index contributed by atoms with van der Waals surface area (Å²) < 4.78 is 5.29. The molecule has 1 aliphatic heterocycles. The molecule has 2 N–H and O–H groups in total. The van der Waals surface area contributed by atoms with Gasteiger partial charge in [-0.3, -0.25) is 9.59 Å². The first-order chi connectivity index (χ1) is 11.6. The summed E-state index contributed by atoms with van der Waals surface area (Å²) >= 11 is 0. The van der Waals surface area contributed by atoms with Gasteiger partial charge >= 0.3 is 0 Å². The quantitative estimate of drug-likeness (QED) is 0.918. The van der Waals surface area contributed by atoms with Gasteiger partial charge in [0.25, 0.3) is 11.8 Å². The lowest BCUT2D eigenvalue weighted by Gasteiger charge is -2.25. The van der Waals surface area contributed by atoms with E-state index in [1.54, 1.807) is 24.3 Å². The Morgan fingerprint density at radius 1 is 1.12 bits per heavy atom. The van der Waals surface area contributed by atoms with Crippen molar-refractivity contribution in [2.75, 3.05) is 13.2 Å². The first-order valence-electron chi connectivity index (χ1n) is 8.02. The highest BCUT2D eigenvalue weighted by atomic mass is 16.5. The maximum absolute atomic E-state index is 12.9. The lowest BCUT2D eigenvalue weighted by molar-refractivity contribution is -0.119. The van der Waals surface area contributed by atoms with E-state index in [0.717, 1.165) is 24.9 Å². The third-order valence-corrected chi connectivity index (χ3v) is 4.16. The van der Waals surface area contributed by atoms with Crippen molar-refractivity contribution < 1.29 is 14.3 Å². The standard InChI is InChI=1S/C19H20N2O3/c20-18(22)13-24-16-9-4-8-15(12-16)19(23)21-11-5-10-17(21)14-6-2-1-3-7-14/h1-4,6-9,12,17H,5,10-11,13H2,(H2,20,22). The van der Waals surface area contributed by atoms with Crippen LogP contribution >= 0.6 is 0 Å². The van der Waals surface area contributed by atoms with Crippen molar-refractivity contribution in [3.8, 4) is 5.75 Å². The van der Waals surface area contributed by atoms with Crippen molar-refractivity contribution in [3.63, 3.8) is 0 Å². The number of likely N-dealkylation sites (tertiary alicyclic amines) is 1. The Labute approximate surface area is 141 Å². The average molecular weight is 324 g/mol. The van der Waals surface area contributed by atoms with E-state index < -0.39 is 5.91 Å². The summed E-state index contributed by atoms with van der Waals surface area (Å²) in [4.78, 5) is 25.6.